The predicted octanol–water partition coefficient (Wildman–Crippen LogP) is 3.45. The number of para-hydroxylation sites is 1. The molecule has 1 spiro atoms. The quantitative estimate of drug-likeness (QED) is 0.819. The fourth-order valence-corrected chi connectivity index (χ4v) is 2.99. The number of azo groups is 2. The van der Waals surface area contributed by atoms with Crippen LogP contribution in [0.3, 0.4) is 0 Å². The number of carbonyl (C=O) groups is 1. The number of nitrogens with zero attached hydrogens (tertiary/aromatic N) is 2. The number of ether oxygens (including phenoxy) is 1. The molecule has 0 aliphatic carbocycles. The van der Waals surface area contributed by atoms with Crippen LogP contribution in [0.2, 0.25) is 0 Å². The third-order valence-corrected chi connectivity index (χ3v) is 4.08. The average molecular weight is 294 g/mol. The van der Waals surface area contributed by atoms with Gasteiger partial charge >= 0.3 is 6.03 Å². The molecule has 0 bridgehead atoms. The Bertz CT molecular complexity index is 786. The smallest absolute Gasteiger partial charge is 0.493 e. The number of nitrogens with one attached hydrogen (secondary N) is 1. The molecule has 0 saturated carbocycles. The van der Waals surface area contributed by atoms with Crippen LogP contribution in [0.25, 0.3) is 0 Å². The predicted molar refractivity (Wildman–Crippen MR) is 80.3 cm³/mol. The van der Waals surface area contributed by atoms with Gasteiger partial charge < -0.3 is 4.74 Å². The second-order valence-electron chi connectivity index (χ2n) is 5.64. The van der Waals surface area contributed by atoms with Crippen LogP contribution in [0.4, 0.5) is 10.5 Å². The summed E-state index contributed by atoms with van der Waals surface area (Å²) in [6.45, 7) is 2.55. The molecule has 4 rings (SSSR count). The summed E-state index contributed by atoms with van der Waals surface area (Å²) in [5, 5.41) is 7.75. The summed E-state index contributed by atoms with van der Waals surface area (Å²) >= 11 is 0. The topological polar surface area (TPSA) is 53.7 Å². The van der Waals surface area contributed by atoms with Crippen LogP contribution in [0.5, 0.6) is 5.75 Å². The molecule has 2 aliphatic rings. The van der Waals surface area contributed by atoms with E-state index in [2.05, 4.69) is 5.32 Å². The van der Waals surface area contributed by atoms with Crippen molar-refractivity contribution in [3.8, 4) is 5.75 Å². The molecule has 2 aliphatic heterocycles. The van der Waals surface area contributed by atoms with Crippen molar-refractivity contribution >= 4 is 11.7 Å². The number of benzene rings is 2. The Morgan fingerprint density at radius 3 is 2.86 bits per heavy atom. The first-order valence-electron chi connectivity index (χ1n) is 7.32. The van der Waals surface area contributed by atoms with Crippen LogP contribution >= 0.6 is 0 Å². The SMILES string of the molecule is Cc1ccc2c(c1)C1(CCO2)N=[N+](c2ccccc2)C(=O)N1. The number of aryl methyl sites for hydroxylation is 1. The fraction of sp³-hybridized carbons (Fsp3) is 0.235. The fourth-order valence-electron chi connectivity index (χ4n) is 2.99. The van der Waals surface area contributed by atoms with Gasteiger partial charge in [-0.2, -0.15) is 4.79 Å². The first-order chi connectivity index (χ1) is 10.7. The van der Waals surface area contributed by atoms with E-state index < -0.39 is 5.66 Å². The number of amides is 2. The summed E-state index contributed by atoms with van der Waals surface area (Å²) in [6, 6.07) is 15.2. The van der Waals surface area contributed by atoms with Crippen LogP contribution in [-0.2, 0) is 5.66 Å². The van der Waals surface area contributed by atoms with Crippen molar-refractivity contribution in [3.05, 3.63) is 59.7 Å². The Morgan fingerprint density at radius 1 is 1.23 bits per heavy atom. The van der Waals surface area contributed by atoms with Gasteiger partial charge in [-0.1, -0.05) is 39.6 Å². The van der Waals surface area contributed by atoms with Crippen molar-refractivity contribution in [2.75, 3.05) is 6.61 Å². The lowest BCUT2D eigenvalue weighted by molar-refractivity contribution is -0.404. The molecule has 0 aromatic heterocycles. The number of rotatable bonds is 1. The average Bonchev–Trinajstić information content (AvgIpc) is 2.87. The van der Waals surface area contributed by atoms with Gasteiger partial charge in [0, 0.05) is 0 Å². The zero-order valence-electron chi connectivity index (χ0n) is 12.2. The lowest BCUT2D eigenvalue weighted by Gasteiger charge is -2.27. The van der Waals surface area contributed by atoms with Gasteiger partial charge in [-0.15, -0.1) is 0 Å². The molecule has 1 atom stereocenters. The summed E-state index contributed by atoms with van der Waals surface area (Å²) in [7, 11) is 0. The molecule has 22 heavy (non-hydrogen) atoms. The van der Waals surface area contributed by atoms with Gasteiger partial charge in [0.1, 0.15) is 5.75 Å². The van der Waals surface area contributed by atoms with E-state index in [9.17, 15) is 4.79 Å². The lowest BCUT2D eigenvalue weighted by Crippen LogP contribution is -2.43. The van der Waals surface area contributed by atoms with Crippen LogP contribution in [0.1, 0.15) is 17.5 Å². The largest absolute Gasteiger partial charge is 0.519 e. The lowest BCUT2D eigenvalue weighted by atomic mass is 9.93. The molecule has 5 heteroatoms. The minimum atomic E-state index is -0.730. The second-order valence-corrected chi connectivity index (χ2v) is 5.64. The highest BCUT2D eigenvalue weighted by Crippen LogP contribution is 2.41. The summed E-state index contributed by atoms with van der Waals surface area (Å²) in [4.78, 5) is 12.4. The number of urea groups is 1. The van der Waals surface area contributed by atoms with Crippen molar-refractivity contribution in [1.82, 2.24) is 5.32 Å². The minimum Gasteiger partial charge on any atom is -0.493 e. The van der Waals surface area contributed by atoms with Gasteiger partial charge in [0.05, 0.1) is 18.6 Å². The van der Waals surface area contributed by atoms with Gasteiger partial charge in [0.15, 0.2) is 5.69 Å². The van der Waals surface area contributed by atoms with E-state index in [-0.39, 0.29) is 6.03 Å². The van der Waals surface area contributed by atoms with Crippen LogP contribution < -0.4 is 10.1 Å². The van der Waals surface area contributed by atoms with E-state index in [1.54, 1.807) is 0 Å². The Labute approximate surface area is 128 Å². The van der Waals surface area contributed by atoms with Crippen molar-refractivity contribution in [2.45, 2.75) is 19.0 Å². The first-order valence-corrected chi connectivity index (χ1v) is 7.32. The zero-order chi connectivity index (χ0) is 15.2. The highest BCUT2D eigenvalue weighted by molar-refractivity contribution is 5.71. The standard InChI is InChI=1S/C17H15N3O2/c1-12-7-8-15-14(11-12)17(9-10-22-15)18-16(21)20(19-17)13-5-3-2-4-6-13/h2-8,11H,9-10H2,1H3/p+1. The van der Waals surface area contributed by atoms with E-state index in [1.807, 2.05) is 55.5 Å². The van der Waals surface area contributed by atoms with E-state index in [1.165, 1.54) is 4.70 Å². The van der Waals surface area contributed by atoms with Gasteiger partial charge in [-0.05, 0) is 31.2 Å². The van der Waals surface area contributed by atoms with Crippen molar-refractivity contribution < 1.29 is 14.2 Å². The molecule has 2 aromatic carbocycles. The molecular formula is C17H16N3O2+. The maximum absolute atomic E-state index is 12.4. The summed E-state index contributed by atoms with van der Waals surface area (Å²) in [5.74, 6) is 0.788. The molecule has 2 amide bonds. The van der Waals surface area contributed by atoms with E-state index in [0.717, 1.165) is 22.6 Å². The summed E-state index contributed by atoms with van der Waals surface area (Å²) in [6.07, 6.45) is 0.624. The Hall–Kier alpha value is -2.69. The Morgan fingerprint density at radius 2 is 2.05 bits per heavy atom. The third kappa shape index (κ3) is 1.89. The van der Waals surface area contributed by atoms with Gasteiger partial charge in [0.2, 0.25) is 0 Å². The maximum atomic E-state index is 12.4. The molecule has 110 valence electrons. The molecule has 0 saturated heterocycles. The van der Waals surface area contributed by atoms with Crippen molar-refractivity contribution in [3.63, 3.8) is 0 Å². The number of carbonyl (C=O) groups excluding carboxylic acids is 1. The number of hydrogen-bond acceptors (Lipinski definition) is 3. The van der Waals surface area contributed by atoms with Gasteiger partial charge in [0.25, 0.3) is 5.66 Å². The van der Waals surface area contributed by atoms with Crippen LogP contribution in [0.15, 0.2) is 53.6 Å². The maximum Gasteiger partial charge on any atom is 0.519 e. The van der Waals surface area contributed by atoms with E-state index in [0.29, 0.717) is 13.0 Å². The monoisotopic (exact) mass is 294 g/mol. The molecule has 1 N–H and O–H groups in total. The van der Waals surface area contributed by atoms with Crippen LogP contribution in [0, 0.1) is 6.92 Å². The third-order valence-electron chi connectivity index (χ3n) is 4.08. The minimum absolute atomic E-state index is 0.208. The Balaban J connectivity index is 1.86. The van der Waals surface area contributed by atoms with E-state index in [4.69, 9.17) is 9.85 Å². The molecular weight excluding hydrogens is 278 g/mol. The number of fused-ring (bicyclic) bond motifs is 2. The molecule has 2 heterocycles. The van der Waals surface area contributed by atoms with Crippen molar-refractivity contribution in [1.29, 1.82) is 0 Å². The van der Waals surface area contributed by atoms with Crippen molar-refractivity contribution in [2.24, 2.45) is 5.11 Å². The first kappa shape index (κ1) is 13.0. The van der Waals surface area contributed by atoms with Crippen LogP contribution in [-0.4, -0.2) is 17.3 Å². The van der Waals surface area contributed by atoms with Gasteiger partial charge in [-0.3, -0.25) is 0 Å². The summed E-state index contributed by atoms with van der Waals surface area (Å²) in [5.41, 5.74) is 2.07. The highest BCUT2D eigenvalue weighted by atomic mass is 16.5. The zero-order valence-corrected chi connectivity index (χ0v) is 12.2. The second kappa shape index (κ2) is 4.66. The summed E-state index contributed by atoms with van der Waals surface area (Å²) < 4.78 is 7.15. The molecule has 1 unspecified atom stereocenters. The van der Waals surface area contributed by atoms with E-state index >= 15 is 0 Å². The normalized spacial score (nSPS) is 22.8. The molecule has 5 nitrogen and oxygen atoms in total. The Kier molecular flexibility index (Phi) is 2.76. The van der Waals surface area contributed by atoms with Gasteiger partial charge in [-0.25, -0.2) is 5.32 Å². The molecule has 0 radical (unpaired) electrons. The molecule has 0 fully saturated rings. The molecule has 2 aromatic rings. The highest BCUT2D eigenvalue weighted by Gasteiger charge is 2.52. The number of hydrogen-bond donors (Lipinski definition) is 1.